The molecule has 1 amide bonds. The number of benzene rings is 1. The summed E-state index contributed by atoms with van der Waals surface area (Å²) in [7, 11) is 0. The minimum absolute atomic E-state index is 0. The van der Waals surface area contributed by atoms with Gasteiger partial charge in [0.05, 0.1) is 6.04 Å². The molecule has 0 saturated carbocycles. The number of hydrogen-bond acceptors (Lipinski definition) is 7. The molecule has 1 saturated heterocycles. The number of ether oxygens (including phenoxy) is 1. The summed E-state index contributed by atoms with van der Waals surface area (Å²) in [5.74, 6) is 0.169. The molecule has 1 fully saturated rings. The van der Waals surface area contributed by atoms with Crippen LogP contribution < -0.4 is 16.4 Å². The van der Waals surface area contributed by atoms with Gasteiger partial charge in [-0.1, -0.05) is 11.6 Å². The van der Waals surface area contributed by atoms with Gasteiger partial charge in [0, 0.05) is 48.8 Å². The molecule has 1 aromatic carbocycles. The number of nitrogens with zero attached hydrogens (tertiary/aromatic N) is 4. The molecule has 0 spiro atoms. The summed E-state index contributed by atoms with van der Waals surface area (Å²) in [6, 6.07) is 3.68. The van der Waals surface area contributed by atoms with Gasteiger partial charge in [-0.05, 0) is 43.5 Å². The molecule has 4 N–H and O–H groups in total. The van der Waals surface area contributed by atoms with Crippen LogP contribution in [-0.4, -0.2) is 51.2 Å². The predicted octanol–water partition coefficient (Wildman–Crippen LogP) is 3.21. The summed E-state index contributed by atoms with van der Waals surface area (Å²) >= 11 is 5.93. The summed E-state index contributed by atoms with van der Waals surface area (Å²) < 4.78 is 20.8. The highest BCUT2D eigenvalue weighted by Crippen LogP contribution is 2.20. The van der Waals surface area contributed by atoms with Crippen LogP contribution in [0.25, 0.3) is 5.82 Å². The van der Waals surface area contributed by atoms with Crippen LogP contribution in [0.2, 0.25) is 5.02 Å². The first-order valence-electron chi connectivity index (χ1n) is 10.6. The van der Waals surface area contributed by atoms with E-state index < -0.39 is 17.8 Å². The number of nitrogens with one attached hydrogen (secondary N) is 2. The Kier molecular flexibility index (Phi) is 8.78. The van der Waals surface area contributed by atoms with Crippen LogP contribution in [0, 0.1) is 12.7 Å². The fraction of sp³-hybridized carbons (Fsp3) is 0.364. The molecule has 4 rings (SSSR count). The van der Waals surface area contributed by atoms with Crippen molar-refractivity contribution in [2.75, 3.05) is 25.1 Å². The number of anilines is 1. The fourth-order valence-electron chi connectivity index (χ4n) is 3.63. The monoisotopic (exact) mass is 509 g/mol. The van der Waals surface area contributed by atoms with Crippen molar-refractivity contribution < 1.29 is 13.9 Å². The van der Waals surface area contributed by atoms with Crippen molar-refractivity contribution in [2.24, 2.45) is 5.73 Å². The Hall–Kier alpha value is -2.79. The minimum atomic E-state index is -0.619. The zero-order chi connectivity index (χ0) is 23.4. The summed E-state index contributed by atoms with van der Waals surface area (Å²) in [6.07, 6.45) is 6.59. The van der Waals surface area contributed by atoms with Gasteiger partial charge in [-0.2, -0.15) is 4.98 Å². The van der Waals surface area contributed by atoms with Gasteiger partial charge in [0.1, 0.15) is 23.7 Å². The van der Waals surface area contributed by atoms with Crippen molar-refractivity contribution in [2.45, 2.75) is 31.8 Å². The van der Waals surface area contributed by atoms with Crippen molar-refractivity contribution in [3.63, 3.8) is 0 Å². The molecule has 0 radical (unpaired) electrons. The summed E-state index contributed by atoms with van der Waals surface area (Å²) in [5.41, 5.74) is 7.28. The molecule has 182 valence electrons. The van der Waals surface area contributed by atoms with Crippen molar-refractivity contribution in [3.05, 3.63) is 64.6 Å². The smallest absolute Gasteiger partial charge is 0.272 e. The maximum absolute atomic E-state index is 13.7. The van der Waals surface area contributed by atoms with E-state index >= 15 is 0 Å². The molecule has 12 heteroatoms. The molecule has 1 aliphatic heterocycles. The fourth-order valence-corrected chi connectivity index (χ4v) is 3.86. The Bertz CT molecular complexity index is 1120. The molecule has 34 heavy (non-hydrogen) atoms. The van der Waals surface area contributed by atoms with Crippen LogP contribution in [0.15, 0.2) is 36.9 Å². The third-order valence-corrected chi connectivity index (χ3v) is 5.61. The van der Waals surface area contributed by atoms with Gasteiger partial charge in [-0.15, -0.1) is 12.4 Å². The third-order valence-electron chi connectivity index (χ3n) is 5.39. The lowest BCUT2D eigenvalue weighted by atomic mass is 10.1. The number of carbonyl (C=O) groups is 1. The van der Waals surface area contributed by atoms with Gasteiger partial charge in [-0.3, -0.25) is 9.36 Å². The quantitative estimate of drug-likeness (QED) is 0.447. The van der Waals surface area contributed by atoms with Crippen LogP contribution in [0.4, 0.5) is 10.3 Å². The highest BCUT2D eigenvalue weighted by atomic mass is 35.5. The average Bonchev–Trinajstić information content (AvgIpc) is 3.29. The highest BCUT2D eigenvalue weighted by Gasteiger charge is 2.19. The number of rotatable bonds is 7. The maximum atomic E-state index is 13.7. The molecule has 1 unspecified atom stereocenters. The molecule has 1 aliphatic rings. The number of aryl methyl sites for hydroxylation is 1. The standard InChI is InChI=1S/C22H25ClFN7O2.ClH/c1-13-10-26-22(28-17-2-4-33-5-3-17)30-20(13)31-11-19(27-12-31)21(32)29-18(9-25)14-6-15(23)8-16(24)7-14;/h6-8,10-12,17-18H,2-5,9,25H2,1H3,(H,29,32)(H,26,28,30);1H. The number of nitrogens with two attached hydrogens (primary N) is 1. The number of aromatic nitrogens is 4. The lowest BCUT2D eigenvalue weighted by Gasteiger charge is -2.23. The van der Waals surface area contributed by atoms with Gasteiger partial charge in [0.15, 0.2) is 0 Å². The minimum Gasteiger partial charge on any atom is -0.381 e. The first-order valence-corrected chi connectivity index (χ1v) is 11.0. The molecular formula is C22H26Cl2FN7O2. The van der Waals surface area contributed by atoms with Crippen LogP contribution in [0.5, 0.6) is 0 Å². The second-order valence-corrected chi connectivity index (χ2v) is 8.30. The van der Waals surface area contributed by atoms with E-state index in [0.29, 0.717) is 30.5 Å². The maximum Gasteiger partial charge on any atom is 0.272 e. The second-order valence-electron chi connectivity index (χ2n) is 7.86. The average molecular weight is 510 g/mol. The Balaban J connectivity index is 0.00000324. The van der Waals surface area contributed by atoms with E-state index in [0.717, 1.165) is 18.4 Å². The van der Waals surface area contributed by atoms with Crippen molar-refractivity contribution in [1.82, 2.24) is 24.8 Å². The van der Waals surface area contributed by atoms with E-state index in [1.54, 1.807) is 23.0 Å². The van der Waals surface area contributed by atoms with Gasteiger partial charge >= 0.3 is 0 Å². The first-order chi connectivity index (χ1) is 15.9. The molecule has 3 aromatic rings. The van der Waals surface area contributed by atoms with Crippen molar-refractivity contribution >= 4 is 35.9 Å². The molecule has 0 bridgehead atoms. The van der Waals surface area contributed by atoms with Crippen LogP contribution >= 0.6 is 24.0 Å². The number of imidazole rings is 1. The molecule has 9 nitrogen and oxygen atoms in total. The van der Waals surface area contributed by atoms with E-state index in [9.17, 15) is 9.18 Å². The molecular weight excluding hydrogens is 484 g/mol. The summed E-state index contributed by atoms with van der Waals surface area (Å²) in [4.78, 5) is 26.0. The Morgan fingerprint density at radius 2 is 2.09 bits per heavy atom. The number of hydrogen-bond donors (Lipinski definition) is 3. The number of amides is 1. The van der Waals surface area contributed by atoms with Crippen molar-refractivity contribution in [3.8, 4) is 5.82 Å². The molecule has 1 atom stereocenters. The van der Waals surface area contributed by atoms with E-state index in [-0.39, 0.29) is 35.7 Å². The second kappa shape index (κ2) is 11.6. The van der Waals surface area contributed by atoms with Gasteiger partial charge in [-0.25, -0.2) is 14.4 Å². The summed E-state index contributed by atoms with van der Waals surface area (Å²) in [6.45, 7) is 3.37. The zero-order valence-corrected chi connectivity index (χ0v) is 20.1. The highest BCUT2D eigenvalue weighted by molar-refractivity contribution is 6.30. The van der Waals surface area contributed by atoms with Gasteiger partial charge < -0.3 is 21.1 Å². The van der Waals surface area contributed by atoms with Crippen LogP contribution in [-0.2, 0) is 4.74 Å². The SMILES string of the molecule is Cc1cnc(NC2CCOCC2)nc1-n1cnc(C(=O)NC(CN)c2cc(F)cc(Cl)c2)c1.Cl. The molecule has 2 aromatic heterocycles. The Morgan fingerprint density at radius 1 is 1.32 bits per heavy atom. The van der Waals surface area contributed by atoms with E-state index in [2.05, 4.69) is 25.6 Å². The van der Waals surface area contributed by atoms with Gasteiger partial charge in [0.2, 0.25) is 5.95 Å². The molecule has 0 aliphatic carbocycles. The Morgan fingerprint density at radius 3 is 2.79 bits per heavy atom. The van der Waals surface area contributed by atoms with E-state index in [1.807, 2.05) is 6.92 Å². The van der Waals surface area contributed by atoms with Gasteiger partial charge in [0.25, 0.3) is 5.91 Å². The largest absolute Gasteiger partial charge is 0.381 e. The van der Waals surface area contributed by atoms with Crippen LogP contribution in [0.3, 0.4) is 0 Å². The Labute approximate surface area is 207 Å². The third kappa shape index (κ3) is 6.20. The lowest BCUT2D eigenvalue weighted by Crippen LogP contribution is -2.33. The number of halogens is 3. The zero-order valence-electron chi connectivity index (χ0n) is 18.5. The van der Waals surface area contributed by atoms with Crippen LogP contribution in [0.1, 0.15) is 40.5 Å². The number of carbonyl (C=O) groups excluding carboxylic acids is 1. The van der Waals surface area contributed by atoms with E-state index in [1.165, 1.54) is 18.5 Å². The lowest BCUT2D eigenvalue weighted by molar-refractivity contribution is 0.0903. The normalized spacial score (nSPS) is 14.8. The predicted molar refractivity (Wildman–Crippen MR) is 129 cm³/mol. The topological polar surface area (TPSA) is 120 Å². The first kappa shape index (κ1) is 25.8. The van der Waals surface area contributed by atoms with E-state index in [4.69, 9.17) is 22.1 Å². The van der Waals surface area contributed by atoms with Crippen molar-refractivity contribution in [1.29, 1.82) is 0 Å². The molecule has 3 heterocycles. The summed E-state index contributed by atoms with van der Waals surface area (Å²) in [5, 5.41) is 6.34.